The van der Waals surface area contributed by atoms with Gasteiger partial charge in [-0.05, 0) is 54.6 Å². The molecule has 0 fully saturated rings. The van der Waals surface area contributed by atoms with Crippen LogP contribution in [0.1, 0.15) is 10.4 Å². The number of hydrogen-bond acceptors (Lipinski definition) is 3. The number of carbonyl (C=O) groups is 1. The van der Waals surface area contributed by atoms with Crippen LogP contribution >= 0.6 is 23.2 Å². The molecule has 3 rings (SSSR count). The molecule has 0 unspecified atom stereocenters. The van der Waals surface area contributed by atoms with Crippen molar-refractivity contribution in [3.63, 3.8) is 0 Å². The lowest BCUT2D eigenvalue weighted by atomic mass is 10.2. The van der Waals surface area contributed by atoms with Gasteiger partial charge in [0.1, 0.15) is 0 Å². The van der Waals surface area contributed by atoms with E-state index in [0.29, 0.717) is 27.0 Å². The van der Waals surface area contributed by atoms with E-state index in [2.05, 4.69) is 5.32 Å². The van der Waals surface area contributed by atoms with Crippen LogP contribution < -0.4 is 9.62 Å². The fourth-order valence-corrected chi connectivity index (χ4v) is 4.25. The Morgan fingerprint density at radius 1 is 0.893 bits per heavy atom. The van der Waals surface area contributed by atoms with Gasteiger partial charge >= 0.3 is 0 Å². The van der Waals surface area contributed by atoms with Crippen LogP contribution in [0, 0.1) is 0 Å². The molecule has 0 radical (unpaired) electrons. The summed E-state index contributed by atoms with van der Waals surface area (Å²) in [6.45, 7) is 0. The van der Waals surface area contributed by atoms with E-state index in [1.165, 1.54) is 53.8 Å². The summed E-state index contributed by atoms with van der Waals surface area (Å²) in [5.41, 5.74) is 1.30. The molecule has 8 heteroatoms. The topological polar surface area (TPSA) is 66.5 Å². The number of benzene rings is 3. The minimum absolute atomic E-state index is 0.114. The third-order valence-corrected chi connectivity index (χ3v) is 6.25. The van der Waals surface area contributed by atoms with Gasteiger partial charge in [0.15, 0.2) is 0 Å². The molecule has 0 bridgehead atoms. The summed E-state index contributed by atoms with van der Waals surface area (Å²) in [6.07, 6.45) is 0. The van der Waals surface area contributed by atoms with Gasteiger partial charge in [-0.25, -0.2) is 8.42 Å². The minimum Gasteiger partial charge on any atom is -0.322 e. The lowest BCUT2D eigenvalue weighted by Crippen LogP contribution is -2.26. The fraction of sp³-hybridized carbons (Fsp3) is 0.0500. The van der Waals surface area contributed by atoms with Crippen molar-refractivity contribution < 1.29 is 13.2 Å². The lowest BCUT2D eigenvalue weighted by molar-refractivity contribution is 0.102. The number of nitrogens with zero attached hydrogens (tertiary/aromatic N) is 1. The number of sulfonamides is 1. The molecule has 5 nitrogen and oxygen atoms in total. The molecule has 144 valence electrons. The second kappa shape index (κ2) is 8.22. The Morgan fingerprint density at radius 3 is 2.04 bits per heavy atom. The van der Waals surface area contributed by atoms with E-state index < -0.39 is 15.9 Å². The number of hydrogen-bond donors (Lipinski definition) is 1. The van der Waals surface area contributed by atoms with E-state index in [1.807, 2.05) is 6.07 Å². The normalized spacial score (nSPS) is 11.1. The Kier molecular flexibility index (Phi) is 5.93. The van der Waals surface area contributed by atoms with Gasteiger partial charge in [0.2, 0.25) is 0 Å². The summed E-state index contributed by atoms with van der Waals surface area (Å²) >= 11 is 11.8. The summed E-state index contributed by atoms with van der Waals surface area (Å²) in [4.78, 5) is 12.5. The number of rotatable bonds is 5. The number of anilines is 2. The molecule has 0 aliphatic rings. The maximum absolute atomic E-state index is 12.8. The standard InChI is InChI=1S/C20H16Cl2N2O3S/c1-24(18-5-3-2-4-6-18)28(26,27)19-9-7-17(8-10-19)23-20(25)14-11-15(21)13-16(22)12-14/h2-13H,1H3,(H,23,25). The predicted molar refractivity (Wildman–Crippen MR) is 113 cm³/mol. The molecule has 3 aromatic rings. The van der Waals surface area contributed by atoms with Crippen LogP contribution in [-0.2, 0) is 10.0 Å². The van der Waals surface area contributed by atoms with Crippen molar-refractivity contribution >= 4 is 50.5 Å². The number of carbonyl (C=O) groups excluding carboxylic acids is 1. The van der Waals surface area contributed by atoms with Crippen LogP contribution in [0.4, 0.5) is 11.4 Å². The SMILES string of the molecule is CN(c1ccccc1)S(=O)(=O)c1ccc(NC(=O)c2cc(Cl)cc(Cl)c2)cc1. The molecule has 0 aliphatic carbocycles. The second-order valence-electron chi connectivity index (χ2n) is 5.94. The monoisotopic (exact) mass is 434 g/mol. The van der Waals surface area contributed by atoms with Gasteiger partial charge in [0, 0.05) is 28.3 Å². The first-order valence-corrected chi connectivity index (χ1v) is 10.4. The van der Waals surface area contributed by atoms with Gasteiger partial charge in [-0.15, -0.1) is 0 Å². The van der Waals surface area contributed by atoms with Crippen LogP contribution in [0.25, 0.3) is 0 Å². The molecule has 0 heterocycles. The summed E-state index contributed by atoms with van der Waals surface area (Å²) in [7, 11) is -2.23. The van der Waals surface area contributed by atoms with Gasteiger partial charge in [0.05, 0.1) is 10.6 Å². The average Bonchev–Trinajstić information content (AvgIpc) is 2.67. The highest BCUT2D eigenvalue weighted by atomic mass is 35.5. The van der Waals surface area contributed by atoms with Crippen molar-refractivity contribution in [1.29, 1.82) is 0 Å². The van der Waals surface area contributed by atoms with Crippen molar-refractivity contribution in [3.05, 3.63) is 88.4 Å². The zero-order chi connectivity index (χ0) is 20.3. The van der Waals surface area contributed by atoms with Crippen LogP contribution in [0.3, 0.4) is 0 Å². The Bertz CT molecular complexity index is 1080. The molecular formula is C20H16Cl2N2O3S. The molecule has 28 heavy (non-hydrogen) atoms. The van der Waals surface area contributed by atoms with Crippen molar-refractivity contribution in [2.24, 2.45) is 0 Å². The van der Waals surface area contributed by atoms with E-state index in [4.69, 9.17) is 23.2 Å². The van der Waals surface area contributed by atoms with E-state index in [1.54, 1.807) is 24.3 Å². The zero-order valence-electron chi connectivity index (χ0n) is 14.8. The number of para-hydroxylation sites is 1. The molecule has 0 atom stereocenters. The molecule has 1 amide bonds. The Hall–Kier alpha value is -2.54. The number of nitrogens with one attached hydrogen (secondary N) is 1. The van der Waals surface area contributed by atoms with Gasteiger partial charge in [0.25, 0.3) is 15.9 Å². The Balaban J connectivity index is 1.78. The van der Waals surface area contributed by atoms with Gasteiger partial charge in [-0.3, -0.25) is 9.10 Å². The Labute approximate surface area is 173 Å². The number of halogens is 2. The molecule has 0 spiro atoms. The smallest absolute Gasteiger partial charge is 0.264 e. The predicted octanol–water partition coefficient (Wildman–Crippen LogP) is 5.07. The van der Waals surface area contributed by atoms with Crippen molar-refractivity contribution in [2.75, 3.05) is 16.7 Å². The first-order chi connectivity index (χ1) is 13.3. The molecular weight excluding hydrogens is 419 g/mol. The summed E-state index contributed by atoms with van der Waals surface area (Å²) in [6, 6.07) is 19.2. The van der Waals surface area contributed by atoms with Crippen molar-refractivity contribution in [3.8, 4) is 0 Å². The molecule has 0 aliphatic heterocycles. The van der Waals surface area contributed by atoms with E-state index in [-0.39, 0.29) is 4.90 Å². The molecule has 0 aromatic heterocycles. The molecule has 0 saturated carbocycles. The third-order valence-electron chi connectivity index (χ3n) is 4.02. The summed E-state index contributed by atoms with van der Waals surface area (Å²) in [5, 5.41) is 3.39. The fourth-order valence-electron chi connectivity index (χ4n) is 2.53. The maximum Gasteiger partial charge on any atom is 0.264 e. The van der Waals surface area contributed by atoms with Crippen LogP contribution in [0.2, 0.25) is 10.0 Å². The highest BCUT2D eigenvalue weighted by Gasteiger charge is 2.21. The van der Waals surface area contributed by atoms with Crippen LogP contribution in [0.15, 0.2) is 77.7 Å². The number of amides is 1. The average molecular weight is 435 g/mol. The van der Waals surface area contributed by atoms with Crippen LogP contribution in [0.5, 0.6) is 0 Å². The molecule has 1 N–H and O–H groups in total. The quantitative estimate of drug-likeness (QED) is 0.609. The van der Waals surface area contributed by atoms with Crippen molar-refractivity contribution in [2.45, 2.75) is 4.90 Å². The second-order valence-corrected chi connectivity index (χ2v) is 8.79. The molecule has 3 aromatic carbocycles. The lowest BCUT2D eigenvalue weighted by Gasteiger charge is -2.19. The highest BCUT2D eigenvalue weighted by Crippen LogP contribution is 2.24. The zero-order valence-corrected chi connectivity index (χ0v) is 17.1. The first-order valence-electron chi connectivity index (χ1n) is 8.19. The van der Waals surface area contributed by atoms with E-state index in [9.17, 15) is 13.2 Å². The largest absolute Gasteiger partial charge is 0.322 e. The van der Waals surface area contributed by atoms with Gasteiger partial charge in [-0.2, -0.15) is 0 Å². The summed E-state index contributed by atoms with van der Waals surface area (Å²) in [5.74, 6) is -0.401. The minimum atomic E-state index is -3.71. The van der Waals surface area contributed by atoms with Crippen molar-refractivity contribution in [1.82, 2.24) is 0 Å². The third kappa shape index (κ3) is 4.47. The van der Waals surface area contributed by atoms with Crippen LogP contribution in [-0.4, -0.2) is 21.4 Å². The maximum atomic E-state index is 12.8. The van der Waals surface area contributed by atoms with Gasteiger partial charge < -0.3 is 5.32 Å². The first kappa shape index (κ1) is 20.2. The Morgan fingerprint density at radius 2 is 1.46 bits per heavy atom. The van der Waals surface area contributed by atoms with Gasteiger partial charge in [-0.1, -0.05) is 41.4 Å². The molecule has 0 saturated heterocycles. The highest BCUT2D eigenvalue weighted by molar-refractivity contribution is 7.92. The summed E-state index contributed by atoms with van der Waals surface area (Å²) < 4.78 is 26.7. The van der Waals surface area contributed by atoms with E-state index in [0.717, 1.165) is 0 Å². The van der Waals surface area contributed by atoms with E-state index >= 15 is 0 Å².